The van der Waals surface area contributed by atoms with Crippen molar-refractivity contribution in [3.63, 3.8) is 0 Å². The third kappa shape index (κ3) is 4.68. The molecule has 2 N–H and O–H groups in total. The number of aromatic nitrogens is 2. The van der Waals surface area contributed by atoms with Crippen LogP contribution in [-0.2, 0) is 13.1 Å². The summed E-state index contributed by atoms with van der Waals surface area (Å²) < 4.78 is 1.96. The first-order chi connectivity index (χ1) is 11.4. The van der Waals surface area contributed by atoms with Gasteiger partial charge in [0, 0.05) is 24.8 Å². The SMILES string of the molecule is CC1(C)CCC(O)(CNCc2cnn(Cc3ccccc3)c2)CC1. The number of nitrogens with zero attached hydrogens (tertiary/aromatic N) is 2. The van der Waals surface area contributed by atoms with Gasteiger partial charge in [-0.1, -0.05) is 44.2 Å². The molecule has 2 aromatic rings. The summed E-state index contributed by atoms with van der Waals surface area (Å²) in [6.45, 7) is 6.79. The molecule has 1 aromatic heterocycles. The van der Waals surface area contributed by atoms with Crippen LogP contribution in [0.3, 0.4) is 0 Å². The Labute approximate surface area is 144 Å². The van der Waals surface area contributed by atoms with E-state index in [1.807, 2.05) is 29.1 Å². The van der Waals surface area contributed by atoms with Gasteiger partial charge < -0.3 is 10.4 Å². The maximum atomic E-state index is 10.7. The summed E-state index contributed by atoms with van der Waals surface area (Å²) in [4.78, 5) is 0. The van der Waals surface area contributed by atoms with E-state index in [2.05, 4.69) is 42.6 Å². The van der Waals surface area contributed by atoms with Crippen molar-refractivity contribution in [2.24, 2.45) is 5.41 Å². The van der Waals surface area contributed by atoms with Crippen molar-refractivity contribution in [3.05, 3.63) is 53.9 Å². The Balaban J connectivity index is 1.46. The Morgan fingerprint density at radius 3 is 2.50 bits per heavy atom. The van der Waals surface area contributed by atoms with Crippen LogP contribution in [0.4, 0.5) is 0 Å². The molecule has 0 spiro atoms. The molecule has 1 saturated carbocycles. The highest BCUT2D eigenvalue weighted by Crippen LogP contribution is 2.39. The molecule has 24 heavy (non-hydrogen) atoms. The summed E-state index contributed by atoms with van der Waals surface area (Å²) in [5.41, 5.74) is 2.24. The standard InChI is InChI=1S/C20H29N3O/c1-19(2)8-10-20(24,11-9-19)16-21-12-18-13-22-23(15-18)14-17-6-4-3-5-7-17/h3-7,13,15,21,24H,8-12,14,16H2,1-2H3. The van der Waals surface area contributed by atoms with Gasteiger partial charge in [-0.05, 0) is 36.7 Å². The van der Waals surface area contributed by atoms with E-state index >= 15 is 0 Å². The van der Waals surface area contributed by atoms with Crippen molar-refractivity contribution >= 4 is 0 Å². The minimum Gasteiger partial charge on any atom is -0.389 e. The summed E-state index contributed by atoms with van der Waals surface area (Å²) in [7, 11) is 0. The van der Waals surface area contributed by atoms with Crippen LogP contribution in [0.1, 0.15) is 50.7 Å². The number of rotatable bonds is 6. The molecule has 0 radical (unpaired) electrons. The zero-order valence-corrected chi connectivity index (χ0v) is 14.8. The van der Waals surface area contributed by atoms with Gasteiger partial charge in [0.25, 0.3) is 0 Å². The molecular formula is C20H29N3O. The number of aliphatic hydroxyl groups is 1. The molecule has 4 heteroatoms. The average Bonchev–Trinajstić information content (AvgIpc) is 2.99. The Kier molecular flexibility index (Phi) is 5.07. The van der Waals surface area contributed by atoms with E-state index in [9.17, 15) is 5.11 Å². The summed E-state index contributed by atoms with van der Waals surface area (Å²) in [6, 6.07) is 10.3. The van der Waals surface area contributed by atoms with Gasteiger partial charge in [0.1, 0.15) is 0 Å². The molecule has 1 aliphatic carbocycles. The minimum atomic E-state index is -0.546. The van der Waals surface area contributed by atoms with Crippen LogP contribution in [0.5, 0.6) is 0 Å². The molecule has 0 bridgehead atoms. The fraction of sp³-hybridized carbons (Fsp3) is 0.550. The molecule has 1 heterocycles. The van der Waals surface area contributed by atoms with Crippen molar-refractivity contribution in [1.29, 1.82) is 0 Å². The second-order valence-electron chi connectivity index (χ2n) is 8.02. The average molecular weight is 327 g/mol. The Bertz CT molecular complexity index is 638. The lowest BCUT2D eigenvalue weighted by atomic mass is 9.71. The Morgan fingerprint density at radius 2 is 1.79 bits per heavy atom. The zero-order chi connectivity index (χ0) is 17.0. The third-order valence-corrected chi connectivity index (χ3v) is 5.19. The normalized spacial score (nSPS) is 19.3. The lowest BCUT2D eigenvalue weighted by Gasteiger charge is -2.40. The minimum absolute atomic E-state index is 0.380. The maximum Gasteiger partial charge on any atom is 0.0772 e. The van der Waals surface area contributed by atoms with E-state index in [4.69, 9.17) is 0 Å². The van der Waals surface area contributed by atoms with Crippen LogP contribution < -0.4 is 5.32 Å². The van der Waals surface area contributed by atoms with E-state index in [0.29, 0.717) is 12.0 Å². The molecule has 3 rings (SSSR count). The molecule has 1 aliphatic rings. The number of hydrogen-bond acceptors (Lipinski definition) is 3. The number of nitrogens with one attached hydrogen (secondary N) is 1. The fourth-order valence-electron chi connectivity index (χ4n) is 3.36. The topological polar surface area (TPSA) is 50.1 Å². The van der Waals surface area contributed by atoms with E-state index in [0.717, 1.165) is 44.3 Å². The van der Waals surface area contributed by atoms with Crippen LogP contribution in [0.25, 0.3) is 0 Å². The van der Waals surface area contributed by atoms with Crippen molar-refractivity contribution in [2.75, 3.05) is 6.54 Å². The number of benzene rings is 1. The lowest BCUT2D eigenvalue weighted by molar-refractivity contribution is -0.0245. The third-order valence-electron chi connectivity index (χ3n) is 5.19. The highest BCUT2D eigenvalue weighted by molar-refractivity contribution is 5.15. The van der Waals surface area contributed by atoms with E-state index < -0.39 is 5.60 Å². The zero-order valence-electron chi connectivity index (χ0n) is 14.8. The summed E-state index contributed by atoms with van der Waals surface area (Å²) in [6.07, 6.45) is 7.96. The van der Waals surface area contributed by atoms with E-state index in [1.165, 1.54) is 5.56 Å². The van der Waals surface area contributed by atoms with Crippen LogP contribution in [0, 0.1) is 5.41 Å². The first kappa shape index (κ1) is 17.2. The molecular weight excluding hydrogens is 298 g/mol. The molecule has 1 aromatic carbocycles. The van der Waals surface area contributed by atoms with Gasteiger partial charge in [0.05, 0.1) is 18.3 Å². The van der Waals surface area contributed by atoms with Gasteiger partial charge in [0.15, 0.2) is 0 Å². The van der Waals surface area contributed by atoms with E-state index in [1.54, 1.807) is 0 Å². The highest BCUT2D eigenvalue weighted by Gasteiger charge is 2.36. The van der Waals surface area contributed by atoms with Gasteiger partial charge in [-0.25, -0.2) is 0 Å². The molecule has 1 fully saturated rings. The Hall–Kier alpha value is -1.65. The van der Waals surface area contributed by atoms with Crippen LogP contribution >= 0.6 is 0 Å². The molecule has 0 aliphatic heterocycles. The number of hydrogen-bond donors (Lipinski definition) is 2. The van der Waals surface area contributed by atoms with Gasteiger partial charge in [-0.2, -0.15) is 5.10 Å². The first-order valence-corrected chi connectivity index (χ1v) is 8.93. The second-order valence-corrected chi connectivity index (χ2v) is 8.02. The van der Waals surface area contributed by atoms with Crippen molar-refractivity contribution < 1.29 is 5.11 Å². The molecule has 0 amide bonds. The van der Waals surface area contributed by atoms with Gasteiger partial charge in [-0.3, -0.25) is 4.68 Å². The lowest BCUT2D eigenvalue weighted by Crippen LogP contribution is -2.44. The largest absolute Gasteiger partial charge is 0.389 e. The van der Waals surface area contributed by atoms with Crippen LogP contribution in [0.2, 0.25) is 0 Å². The van der Waals surface area contributed by atoms with Crippen molar-refractivity contribution in [2.45, 2.75) is 58.2 Å². The van der Waals surface area contributed by atoms with E-state index in [-0.39, 0.29) is 0 Å². The maximum absolute atomic E-state index is 10.7. The second kappa shape index (κ2) is 7.08. The first-order valence-electron chi connectivity index (χ1n) is 8.93. The summed E-state index contributed by atoms with van der Waals surface area (Å²) >= 11 is 0. The van der Waals surface area contributed by atoms with Crippen molar-refractivity contribution in [3.8, 4) is 0 Å². The predicted octanol–water partition coefficient (Wildman–Crippen LogP) is 3.35. The van der Waals surface area contributed by atoms with Crippen LogP contribution in [0.15, 0.2) is 42.7 Å². The molecule has 0 atom stereocenters. The monoisotopic (exact) mass is 327 g/mol. The molecule has 130 valence electrons. The van der Waals surface area contributed by atoms with Crippen LogP contribution in [-0.4, -0.2) is 27.0 Å². The van der Waals surface area contributed by atoms with Gasteiger partial charge >= 0.3 is 0 Å². The van der Waals surface area contributed by atoms with Crippen molar-refractivity contribution in [1.82, 2.24) is 15.1 Å². The summed E-state index contributed by atoms with van der Waals surface area (Å²) in [5, 5.41) is 18.5. The molecule has 0 unspecified atom stereocenters. The predicted molar refractivity (Wildman–Crippen MR) is 96.7 cm³/mol. The van der Waals surface area contributed by atoms with Gasteiger partial charge in [-0.15, -0.1) is 0 Å². The molecule has 4 nitrogen and oxygen atoms in total. The molecule has 0 saturated heterocycles. The Morgan fingerprint density at radius 1 is 1.08 bits per heavy atom. The fourth-order valence-corrected chi connectivity index (χ4v) is 3.36. The van der Waals surface area contributed by atoms with Gasteiger partial charge in [0.2, 0.25) is 0 Å². The summed E-state index contributed by atoms with van der Waals surface area (Å²) in [5.74, 6) is 0. The quantitative estimate of drug-likeness (QED) is 0.855. The highest BCUT2D eigenvalue weighted by atomic mass is 16.3. The smallest absolute Gasteiger partial charge is 0.0772 e.